The van der Waals surface area contributed by atoms with Gasteiger partial charge in [0.05, 0.1) is 12.3 Å². The first-order valence-corrected chi connectivity index (χ1v) is 12.6. The van der Waals surface area contributed by atoms with E-state index in [1.54, 1.807) is 55.5 Å². The van der Waals surface area contributed by atoms with Crippen LogP contribution in [0, 0.1) is 5.82 Å². The van der Waals surface area contributed by atoms with Gasteiger partial charge in [0.15, 0.2) is 0 Å². The molecule has 0 atom stereocenters. The van der Waals surface area contributed by atoms with Crippen molar-refractivity contribution >= 4 is 28.9 Å². The molecular weight excluding hydrogens is 527 g/mol. The summed E-state index contributed by atoms with van der Waals surface area (Å²) in [6.07, 6.45) is 2.99. The van der Waals surface area contributed by atoms with E-state index in [9.17, 15) is 19.1 Å². The van der Waals surface area contributed by atoms with Crippen molar-refractivity contribution in [2.75, 3.05) is 23.0 Å². The van der Waals surface area contributed by atoms with E-state index in [0.29, 0.717) is 34.0 Å². The van der Waals surface area contributed by atoms with E-state index in [2.05, 4.69) is 20.6 Å². The molecule has 0 radical (unpaired) electrons. The summed E-state index contributed by atoms with van der Waals surface area (Å²) < 4.78 is 20.2. The number of amides is 1. The second-order valence-electron chi connectivity index (χ2n) is 8.83. The molecule has 0 aliphatic carbocycles. The van der Waals surface area contributed by atoms with E-state index in [0.717, 1.165) is 0 Å². The Morgan fingerprint density at radius 2 is 1.71 bits per heavy atom. The lowest BCUT2D eigenvalue weighted by atomic mass is 10.1. The van der Waals surface area contributed by atoms with Crippen LogP contribution in [-0.4, -0.2) is 32.2 Å². The Bertz CT molecular complexity index is 1770. The standard InChI is InChI=1S/C30H25FN6O4/c1-2-41-26-14-16-37(22-10-3-18(31)4-11-22)29(40)27(26)28(39)35-20-7-5-19(6-8-20)34-21-9-12-25(38)23(17-21)24-13-15-33-30(32)36-24/h3-17,34,38H,2H2,1H3,(H,35,39)(H2,32,33,36). The first kappa shape index (κ1) is 26.9. The summed E-state index contributed by atoms with van der Waals surface area (Å²) >= 11 is 0. The quantitative estimate of drug-likeness (QED) is 0.194. The lowest BCUT2D eigenvalue weighted by Gasteiger charge is -2.14. The minimum atomic E-state index is -0.650. The minimum absolute atomic E-state index is 0.0394. The molecule has 5 aromatic rings. The number of ether oxygens (including phenoxy) is 1. The summed E-state index contributed by atoms with van der Waals surface area (Å²) in [7, 11) is 0. The Balaban J connectivity index is 1.36. The average Bonchev–Trinajstić information content (AvgIpc) is 2.96. The second kappa shape index (κ2) is 11.6. The zero-order valence-electron chi connectivity index (χ0n) is 21.8. The normalized spacial score (nSPS) is 10.7. The Hall–Kier alpha value is -5.71. The summed E-state index contributed by atoms with van der Waals surface area (Å²) in [5.41, 5.74) is 8.08. The van der Waals surface area contributed by atoms with Crippen molar-refractivity contribution in [3.8, 4) is 28.4 Å². The van der Waals surface area contributed by atoms with Gasteiger partial charge in [-0.3, -0.25) is 14.2 Å². The number of anilines is 4. The van der Waals surface area contributed by atoms with Gasteiger partial charge in [-0.25, -0.2) is 14.4 Å². The highest BCUT2D eigenvalue weighted by molar-refractivity contribution is 6.06. The predicted molar refractivity (Wildman–Crippen MR) is 154 cm³/mol. The molecule has 5 rings (SSSR count). The summed E-state index contributed by atoms with van der Waals surface area (Å²) in [6, 6.07) is 20.3. The van der Waals surface area contributed by atoms with E-state index >= 15 is 0 Å². The summed E-state index contributed by atoms with van der Waals surface area (Å²) in [5.74, 6) is -0.817. The van der Waals surface area contributed by atoms with Gasteiger partial charge in [-0.15, -0.1) is 0 Å². The maximum atomic E-state index is 13.4. The van der Waals surface area contributed by atoms with Gasteiger partial charge in [-0.05, 0) is 85.8 Å². The average molecular weight is 553 g/mol. The smallest absolute Gasteiger partial charge is 0.271 e. The van der Waals surface area contributed by atoms with Gasteiger partial charge < -0.3 is 26.2 Å². The van der Waals surface area contributed by atoms with Crippen molar-refractivity contribution < 1.29 is 19.0 Å². The first-order valence-electron chi connectivity index (χ1n) is 12.6. The number of nitrogens with zero attached hydrogens (tertiary/aromatic N) is 3. The van der Waals surface area contributed by atoms with Gasteiger partial charge in [-0.2, -0.15) is 0 Å². The minimum Gasteiger partial charge on any atom is -0.507 e. The van der Waals surface area contributed by atoms with Crippen LogP contribution in [0.15, 0.2) is 96.1 Å². The van der Waals surface area contributed by atoms with E-state index < -0.39 is 17.3 Å². The molecule has 0 bridgehead atoms. The summed E-state index contributed by atoms with van der Waals surface area (Å²) in [4.78, 5) is 34.6. The molecule has 3 aromatic carbocycles. The predicted octanol–water partition coefficient (Wildman–Crippen LogP) is 5.12. The van der Waals surface area contributed by atoms with E-state index in [1.165, 1.54) is 47.3 Å². The molecule has 0 saturated carbocycles. The largest absolute Gasteiger partial charge is 0.507 e. The van der Waals surface area contributed by atoms with Crippen molar-refractivity contribution in [1.82, 2.24) is 14.5 Å². The molecule has 0 aliphatic rings. The van der Waals surface area contributed by atoms with Crippen molar-refractivity contribution in [2.45, 2.75) is 6.92 Å². The molecular formula is C30H25FN6O4. The van der Waals surface area contributed by atoms with Crippen LogP contribution in [0.4, 0.5) is 27.4 Å². The zero-order chi connectivity index (χ0) is 28.9. The molecule has 11 heteroatoms. The van der Waals surface area contributed by atoms with Gasteiger partial charge in [0, 0.05) is 40.7 Å². The van der Waals surface area contributed by atoms with Crippen LogP contribution in [0.3, 0.4) is 0 Å². The summed E-state index contributed by atoms with van der Waals surface area (Å²) in [6.45, 7) is 2.00. The molecule has 0 saturated heterocycles. The third-order valence-electron chi connectivity index (χ3n) is 6.06. The van der Waals surface area contributed by atoms with E-state index in [4.69, 9.17) is 10.5 Å². The maximum Gasteiger partial charge on any atom is 0.271 e. The third kappa shape index (κ3) is 5.98. The van der Waals surface area contributed by atoms with Gasteiger partial charge >= 0.3 is 0 Å². The number of phenolic OH excluding ortho intramolecular Hbond substituents is 1. The molecule has 2 heterocycles. The molecule has 5 N–H and O–H groups in total. The van der Waals surface area contributed by atoms with Crippen LogP contribution in [0.5, 0.6) is 11.5 Å². The van der Waals surface area contributed by atoms with Gasteiger partial charge in [0.25, 0.3) is 11.5 Å². The molecule has 0 fully saturated rings. The fraction of sp³-hybridized carbons (Fsp3) is 0.0667. The molecule has 10 nitrogen and oxygen atoms in total. The van der Waals surface area contributed by atoms with E-state index in [-0.39, 0.29) is 29.6 Å². The monoisotopic (exact) mass is 552 g/mol. The van der Waals surface area contributed by atoms with Gasteiger partial charge in [0.2, 0.25) is 5.95 Å². The number of halogens is 1. The molecule has 206 valence electrons. The molecule has 2 aromatic heterocycles. The molecule has 41 heavy (non-hydrogen) atoms. The molecule has 0 aliphatic heterocycles. The van der Waals surface area contributed by atoms with Crippen molar-refractivity contribution in [3.63, 3.8) is 0 Å². The number of carbonyl (C=O) groups is 1. The third-order valence-corrected chi connectivity index (χ3v) is 6.06. The lowest BCUT2D eigenvalue weighted by molar-refractivity contribution is 0.102. The highest BCUT2D eigenvalue weighted by Gasteiger charge is 2.20. The number of rotatable bonds is 8. The van der Waals surface area contributed by atoms with Gasteiger partial charge in [0.1, 0.15) is 22.9 Å². The van der Waals surface area contributed by atoms with E-state index in [1.807, 2.05) is 0 Å². The second-order valence-corrected chi connectivity index (χ2v) is 8.83. The van der Waals surface area contributed by atoms with Crippen LogP contribution in [0.1, 0.15) is 17.3 Å². The van der Waals surface area contributed by atoms with Crippen LogP contribution in [0.25, 0.3) is 16.9 Å². The fourth-order valence-corrected chi connectivity index (χ4v) is 4.15. The first-order chi connectivity index (χ1) is 19.8. The Morgan fingerprint density at radius 3 is 2.41 bits per heavy atom. The zero-order valence-corrected chi connectivity index (χ0v) is 21.8. The number of pyridine rings is 1. The number of aromatic hydroxyl groups is 1. The highest BCUT2D eigenvalue weighted by Crippen LogP contribution is 2.32. The number of carbonyl (C=O) groups excluding carboxylic acids is 1. The van der Waals surface area contributed by atoms with Crippen LogP contribution in [-0.2, 0) is 0 Å². The number of hydrogen-bond acceptors (Lipinski definition) is 8. The van der Waals surface area contributed by atoms with Crippen molar-refractivity contribution in [3.05, 3.63) is 113 Å². The fourth-order valence-electron chi connectivity index (χ4n) is 4.15. The summed E-state index contributed by atoms with van der Waals surface area (Å²) in [5, 5.41) is 16.3. The van der Waals surface area contributed by atoms with Crippen LogP contribution < -0.4 is 26.7 Å². The van der Waals surface area contributed by atoms with Crippen molar-refractivity contribution in [2.24, 2.45) is 0 Å². The number of nitrogens with one attached hydrogen (secondary N) is 2. The lowest BCUT2D eigenvalue weighted by Crippen LogP contribution is -2.29. The highest BCUT2D eigenvalue weighted by atomic mass is 19.1. The number of phenols is 1. The molecule has 0 unspecified atom stereocenters. The Morgan fingerprint density at radius 1 is 1.00 bits per heavy atom. The van der Waals surface area contributed by atoms with Crippen LogP contribution in [0.2, 0.25) is 0 Å². The number of nitrogen functional groups attached to an aromatic ring is 1. The van der Waals surface area contributed by atoms with Gasteiger partial charge in [-0.1, -0.05) is 0 Å². The Kier molecular flexibility index (Phi) is 7.59. The number of benzene rings is 3. The topological polar surface area (TPSA) is 144 Å². The molecule has 0 spiro atoms. The number of aromatic nitrogens is 3. The number of nitrogens with two attached hydrogens (primary N) is 1. The maximum absolute atomic E-state index is 13.4. The molecule has 1 amide bonds. The number of hydrogen-bond donors (Lipinski definition) is 4. The van der Waals surface area contributed by atoms with Crippen LogP contribution >= 0.6 is 0 Å². The van der Waals surface area contributed by atoms with Crippen molar-refractivity contribution in [1.29, 1.82) is 0 Å². The Labute approximate surface area is 233 Å². The SMILES string of the molecule is CCOc1ccn(-c2ccc(F)cc2)c(=O)c1C(=O)Nc1ccc(Nc2ccc(O)c(-c3ccnc(N)n3)c2)cc1.